The van der Waals surface area contributed by atoms with Crippen molar-refractivity contribution in [1.29, 1.82) is 0 Å². The smallest absolute Gasteiger partial charge is 0.266 e. The summed E-state index contributed by atoms with van der Waals surface area (Å²) in [6.45, 7) is 2.74. The van der Waals surface area contributed by atoms with Gasteiger partial charge in [0.05, 0.1) is 22.7 Å². The summed E-state index contributed by atoms with van der Waals surface area (Å²) >= 11 is 13.2. The number of methoxy groups -OCH3 is 1. The zero-order valence-corrected chi connectivity index (χ0v) is 20.1. The Morgan fingerprint density at radius 1 is 1.22 bits per heavy atom. The van der Waals surface area contributed by atoms with Crippen LogP contribution in [0.4, 0.5) is 0 Å². The molecule has 5 nitrogen and oxygen atoms in total. The van der Waals surface area contributed by atoms with Gasteiger partial charge in [-0.3, -0.25) is 9.69 Å². The standard InChI is InChI=1S/C24H22ClN3O2S2/c1-3-4-12-27-23(29)21(32-24(27)31)14-17-15-28(18-8-6-5-7-9-18)26-22(17)16-10-11-20(30-2)19(25)13-16/h5-11,13-15H,3-4,12H2,1-2H3. The second-order valence-electron chi connectivity index (χ2n) is 7.25. The van der Waals surface area contributed by atoms with Crippen LogP contribution < -0.4 is 4.74 Å². The first-order valence-corrected chi connectivity index (χ1v) is 11.9. The van der Waals surface area contributed by atoms with Crippen LogP contribution in [0.2, 0.25) is 5.02 Å². The van der Waals surface area contributed by atoms with Crippen LogP contribution >= 0.6 is 35.6 Å². The number of halogens is 1. The molecule has 2 heterocycles. The summed E-state index contributed by atoms with van der Waals surface area (Å²) in [6, 6.07) is 15.4. The average molecular weight is 484 g/mol. The van der Waals surface area contributed by atoms with E-state index in [9.17, 15) is 4.79 Å². The number of aromatic nitrogens is 2. The molecule has 0 unspecified atom stereocenters. The van der Waals surface area contributed by atoms with Gasteiger partial charge < -0.3 is 4.74 Å². The molecule has 0 bridgehead atoms. The van der Waals surface area contributed by atoms with E-state index in [1.807, 2.05) is 60.8 Å². The third-order valence-electron chi connectivity index (χ3n) is 5.08. The van der Waals surface area contributed by atoms with Crippen molar-refractivity contribution in [2.45, 2.75) is 19.8 Å². The number of thiocarbonyl (C=S) groups is 1. The monoisotopic (exact) mass is 483 g/mol. The van der Waals surface area contributed by atoms with Gasteiger partial charge in [0.2, 0.25) is 0 Å². The molecule has 0 saturated carbocycles. The van der Waals surface area contributed by atoms with Crippen LogP contribution in [0.15, 0.2) is 59.6 Å². The molecule has 2 aromatic carbocycles. The molecule has 0 spiro atoms. The fourth-order valence-electron chi connectivity index (χ4n) is 3.39. The van der Waals surface area contributed by atoms with Gasteiger partial charge in [-0.1, -0.05) is 67.1 Å². The average Bonchev–Trinajstić information content (AvgIpc) is 3.34. The van der Waals surface area contributed by atoms with Crippen molar-refractivity contribution in [1.82, 2.24) is 14.7 Å². The minimum absolute atomic E-state index is 0.0559. The minimum atomic E-state index is -0.0559. The maximum absolute atomic E-state index is 13.0. The van der Waals surface area contributed by atoms with E-state index in [2.05, 4.69) is 6.92 Å². The zero-order chi connectivity index (χ0) is 22.7. The highest BCUT2D eigenvalue weighted by molar-refractivity contribution is 8.26. The molecular weight excluding hydrogens is 462 g/mol. The quantitative estimate of drug-likeness (QED) is 0.295. The molecule has 0 aliphatic carbocycles. The maximum atomic E-state index is 13.0. The zero-order valence-electron chi connectivity index (χ0n) is 17.7. The van der Waals surface area contributed by atoms with Gasteiger partial charge in [-0.15, -0.1) is 0 Å². The third kappa shape index (κ3) is 4.60. The van der Waals surface area contributed by atoms with Gasteiger partial charge in [0.15, 0.2) is 0 Å². The number of amides is 1. The third-order valence-corrected chi connectivity index (χ3v) is 6.76. The van der Waals surface area contributed by atoms with E-state index >= 15 is 0 Å². The number of carbonyl (C=O) groups excluding carboxylic acids is 1. The number of hydrogen-bond donors (Lipinski definition) is 0. The summed E-state index contributed by atoms with van der Waals surface area (Å²) in [4.78, 5) is 15.3. The van der Waals surface area contributed by atoms with Gasteiger partial charge in [0.1, 0.15) is 15.8 Å². The van der Waals surface area contributed by atoms with E-state index in [0.29, 0.717) is 26.5 Å². The van der Waals surface area contributed by atoms with Gasteiger partial charge in [-0.2, -0.15) is 5.10 Å². The number of thioether (sulfide) groups is 1. The number of para-hydroxylation sites is 1. The molecule has 1 aliphatic rings. The Balaban J connectivity index is 1.78. The minimum Gasteiger partial charge on any atom is -0.495 e. The Labute approximate surface area is 202 Å². The second-order valence-corrected chi connectivity index (χ2v) is 9.33. The van der Waals surface area contributed by atoms with Crippen molar-refractivity contribution in [3.8, 4) is 22.7 Å². The Bertz CT molecular complexity index is 1190. The van der Waals surface area contributed by atoms with E-state index in [4.69, 9.17) is 33.7 Å². The molecule has 4 rings (SSSR count). The number of rotatable bonds is 7. The largest absolute Gasteiger partial charge is 0.495 e. The molecule has 0 radical (unpaired) electrons. The maximum Gasteiger partial charge on any atom is 0.266 e. The second kappa shape index (κ2) is 9.90. The topological polar surface area (TPSA) is 47.4 Å². The van der Waals surface area contributed by atoms with E-state index in [-0.39, 0.29) is 5.91 Å². The predicted molar refractivity (Wildman–Crippen MR) is 135 cm³/mol. The molecule has 32 heavy (non-hydrogen) atoms. The van der Waals surface area contributed by atoms with Gasteiger partial charge >= 0.3 is 0 Å². The summed E-state index contributed by atoms with van der Waals surface area (Å²) in [5.74, 6) is 0.538. The van der Waals surface area contributed by atoms with Gasteiger partial charge in [0.25, 0.3) is 5.91 Å². The Hall–Kier alpha value is -2.61. The predicted octanol–water partition coefficient (Wildman–Crippen LogP) is 6.20. The summed E-state index contributed by atoms with van der Waals surface area (Å²) in [6.07, 6.45) is 5.70. The van der Waals surface area contributed by atoms with Crippen molar-refractivity contribution in [2.75, 3.05) is 13.7 Å². The van der Waals surface area contributed by atoms with Crippen molar-refractivity contribution >= 4 is 51.9 Å². The number of ether oxygens (including phenoxy) is 1. The highest BCUT2D eigenvalue weighted by Gasteiger charge is 2.31. The summed E-state index contributed by atoms with van der Waals surface area (Å²) < 4.78 is 7.68. The molecule has 1 amide bonds. The van der Waals surface area contributed by atoms with E-state index < -0.39 is 0 Å². The summed E-state index contributed by atoms with van der Waals surface area (Å²) in [7, 11) is 1.58. The number of hydrogen-bond acceptors (Lipinski definition) is 5. The van der Waals surface area contributed by atoms with Crippen LogP contribution in [0.5, 0.6) is 5.75 Å². The number of benzene rings is 2. The molecule has 3 aromatic rings. The van der Waals surface area contributed by atoms with Crippen molar-refractivity contribution < 1.29 is 9.53 Å². The SMILES string of the molecule is CCCCN1C(=O)C(=Cc2cn(-c3ccccc3)nc2-c2ccc(OC)c(Cl)c2)SC1=S. The van der Waals surface area contributed by atoms with E-state index in [0.717, 1.165) is 35.3 Å². The molecule has 1 saturated heterocycles. The molecule has 0 atom stereocenters. The van der Waals surface area contributed by atoms with E-state index in [1.54, 1.807) is 16.7 Å². The van der Waals surface area contributed by atoms with E-state index in [1.165, 1.54) is 11.8 Å². The highest BCUT2D eigenvalue weighted by atomic mass is 35.5. The lowest BCUT2D eigenvalue weighted by Gasteiger charge is -2.12. The first-order valence-electron chi connectivity index (χ1n) is 10.3. The molecule has 164 valence electrons. The molecule has 0 N–H and O–H groups in total. The molecule has 1 aromatic heterocycles. The van der Waals surface area contributed by atoms with Gasteiger partial charge in [-0.05, 0) is 42.8 Å². The Morgan fingerprint density at radius 2 is 2.00 bits per heavy atom. The Morgan fingerprint density at radius 3 is 2.69 bits per heavy atom. The highest BCUT2D eigenvalue weighted by Crippen LogP contribution is 2.36. The fraction of sp³-hybridized carbons (Fsp3) is 0.208. The van der Waals surface area contributed by atoms with Crippen LogP contribution in [0.1, 0.15) is 25.3 Å². The summed E-state index contributed by atoms with van der Waals surface area (Å²) in [5.41, 5.74) is 3.28. The number of carbonyl (C=O) groups is 1. The first kappa shape index (κ1) is 22.6. The van der Waals surface area contributed by atoms with Crippen LogP contribution in [0, 0.1) is 0 Å². The molecule has 8 heteroatoms. The number of unbranched alkanes of at least 4 members (excludes halogenated alkanes) is 1. The fourth-order valence-corrected chi connectivity index (χ4v) is 4.95. The molecule has 1 fully saturated rings. The lowest BCUT2D eigenvalue weighted by Crippen LogP contribution is -2.28. The lowest BCUT2D eigenvalue weighted by atomic mass is 10.1. The first-order chi connectivity index (χ1) is 15.5. The van der Waals surface area contributed by atoms with Crippen molar-refractivity contribution in [2.24, 2.45) is 0 Å². The van der Waals surface area contributed by atoms with Crippen LogP contribution in [0.25, 0.3) is 23.0 Å². The Kier molecular flexibility index (Phi) is 6.98. The van der Waals surface area contributed by atoms with Crippen molar-refractivity contribution in [3.05, 3.63) is 70.2 Å². The van der Waals surface area contributed by atoms with Gasteiger partial charge in [0, 0.05) is 23.9 Å². The summed E-state index contributed by atoms with van der Waals surface area (Å²) in [5, 5.41) is 5.30. The van der Waals surface area contributed by atoms with Crippen LogP contribution in [-0.2, 0) is 4.79 Å². The van der Waals surface area contributed by atoms with Crippen molar-refractivity contribution in [3.63, 3.8) is 0 Å². The van der Waals surface area contributed by atoms with Gasteiger partial charge in [-0.25, -0.2) is 4.68 Å². The number of nitrogens with zero attached hydrogens (tertiary/aromatic N) is 3. The molecular formula is C24H22ClN3O2S2. The van der Waals surface area contributed by atoms with Crippen LogP contribution in [0.3, 0.4) is 0 Å². The van der Waals surface area contributed by atoms with Crippen LogP contribution in [-0.4, -0.2) is 38.6 Å². The molecule has 1 aliphatic heterocycles. The lowest BCUT2D eigenvalue weighted by molar-refractivity contribution is -0.122. The normalized spacial score (nSPS) is 15.1.